The van der Waals surface area contributed by atoms with Crippen molar-refractivity contribution in [3.8, 4) is 0 Å². The van der Waals surface area contributed by atoms with Gasteiger partial charge in [-0.3, -0.25) is 0 Å². The number of thiol groups is 1. The average molecular weight is 499 g/mol. The minimum Gasteiger partial charge on any atom is -0.354 e. The molecular weight excluding hydrogens is 480 g/mol. The maximum absolute atomic E-state index is 13.5. The van der Waals surface area contributed by atoms with Crippen LogP contribution >= 0.6 is 12.6 Å². The predicted molar refractivity (Wildman–Crippen MR) is 118 cm³/mol. The highest BCUT2D eigenvalue weighted by Gasteiger charge is 2.37. The Morgan fingerprint density at radius 2 is 1.71 bits per heavy atom. The minimum atomic E-state index is -4.57. The second-order valence-electron chi connectivity index (χ2n) is 7.76. The van der Waals surface area contributed by atoms with Gasteiger partial charge in [-0.05, 0) is 43.3 Å². The number of alkyl halides is 6. The number of halogens is 6. The van der Waals surface area contributed by atoms with Crippen molar-refractivity contribution in [2.45, 2.75) is 30.9 Å². The summed E-state index contributed by atoms with van der Waals surface area (Å²) in [5.74, 6) is 0.570. The number of nitrogens with one attached hydrogen (secondary N) is 1. The van der Waals surface area contributed by atoms with Crippen molar-refractivity contribution in [3.63, 3.8) is 0 Å². The molecule has 34 heavy (non-hydrogen) atoms. The number of anilines is 3. The summed E-state index contributed by atoms with van der Waals surface area (Å²) < 4.78 is 79.2. The van der Waals surface area contributed by atoms with Gasteiger partial charge in [0.2, 0.25) is 0 Å². The lowest BCUT2D eigenvalue weighted by Gasteiger charge is -2.26. The highest BCUT2D eigenvalue weighted by molar-refractivity contribution is 7.80. The van der Waals surface area contributed by atoms with Crippen LogP contribution in [0.2, 0.25) is 0 Å². The lowest BCUT2D eigenvalue weighted by Crippen LogP contribution is -2.30. The van der Waals surface area contributed by atoms with E-state index in [4.69, 9.17) is 0 Å². The van der Waals surface area contributed by atoms with Crippen LogP contribution in [0.3, 0.4) is 0 Å². The van der Waals surface area contributed by atoms with E-state index in [0.29, 0.717) is 35.0 Å². The molecule has 180 valence electrons. The molecule has 5 nitrogen and oxygen atoms in total. The first-order valence-corrected chi connectivity index (χ1v) is 10.7. The van der Waals surface area contributed by atoms with Gasteiger partial charge in [0.25, 0.3) is 0 Å². The Kier molecular flexibility index (Phi) is 6.36. The molecule has 3 aromatic rings. The lowest BCUT2D eigenvalue weighted by molar-refractivity contribution is -0.138. The third kappa shape index (κ3) is 5.06. The number of pyridine rings is 1. The number of hydrogen-bond acceptors (Lipinski definition) is 6. The van der Waals surface area contributed by atoms with Crippen LogP contribution in [0.1, 0.15) is 33.5 Å². The van der Waals surface area contributed by atoms with Gasteiger partial charge >= 0.3 is 12.4 Å². The second-order valence-corrected chi connectivity index (χ2v) is 8.39. The summed E-state index contributed by atoms with van der Waals surface area (Å²) in [6.45, 7) is 1.99. The topological polar surface area (TPSA) is 53.9 Å². The summed E-state index contributed by atoms with van der Waals surface area (Å²) in [7, 11) is 0. The zero-order chi connectivity index (χ0) is 24.7. The quantitative estimate of drug-likeness (QED) is 0.342. The van der Waals surface area contributed by atoms with Crippen molar-refractivity contribution >= 4 is 30.0 Å². The van der Waals surface area contributed by atoms with Crippen molar-refractivity contribution in [1.82, 2.24) is 15.0 Å². The fourth-order valence-electron chi connectivity index (χ4n) is 3.85. The molecule has 1 N–H and O–H groups in total. The van der Waals surface area contributed by atoms with Crippen LogP contribution in [0, 0.1) is 6.92 Å². The standard InChI is InChI=1S/C22H19F6N5S/c1-12-30-16-8-10-33(20-15(22(26,27)28)3-2-9-29-20)11-17(34)18(16)19(31-12)32-14-6-4-13(5-7-14)21(23,24)25/h2-7,9,17,34H,8,10-11H2,1H3,(H,30,31,32). The van der Waals surface area contributed by atoms with Crippen LogP contribution in [0.5, 0.6) is 0 Å². The highest BCUT2D eigenvalue weighted by Crippen LogP contribution is 2.39. The summed E-state index contributed by atoms with van der Waals surface area (Å²) in [5.41, 5.74) is -0.0603. The van der Waals surface area contributed by atoms with E-state index < -0.39 is 28.7 Å². The molecule has 0 spiro atoms. The summed E-state index contributed by atoms with van der Waals surface area (Å²) in [6.07, 6.45) is -7.41. The molecule has 0 fully saturated rings. The summed E-state index contributed by atoms with van der Waals surface area (Å²) in [6, 6.07) is 6.69. The Hall–Kier alpha value is -3.02. The van der Waals surface area contributed by atoms with Crippen LogP contribution in [0.4, 0.5) is 43.7 Å². The van der Waals surface area contributed by atoms with E-state index >= 15 is 0 Å². The first-order valence-electron chi connectivity index (χ1n) is 10.2. The summed E-state index contributed by atoms with van der Waals surface area (Å²) in [4.78, 5) is 14.3. The van der Waals surface area contributed by atoms with E-state index in [1.807, 2.05) is 0 Å². The molecule has 1 aliphatic heterocycles. The lowest BCUT2D eigenvalue weighted by atomic mass is 10.1. The molecule has 1 aliphatic rings. The minimum absolute atomic E-state index is 0.102. The zero-order valence-corrected chi connectivity index (χ0v) is 18.6. The van der Waals surface area contributed by atoms with Gasteiger partial charge < -0.3 is 10.2 Å². The largest absolute Gasteiger partial charge is 0.419 e. The molecule has 0 saturated heterocycles. The zero-order valence-electron chi connectivity index (χ0n) is 17.7. The number of aryl methyl sites for hydroxylation is 1. The average Bonchev–Trinajstić information content (AvgIpc) is 2.91. The first kappa shape index (κ1) is 24.1. The highest BCUT2D eigenvalue weighted by atomic mass is 32.1. The van der Waals surface area contributed by atoms with E-state index in [9.17, 15) is 26.3 Å². The van der Waals surface area contributed by atoms with Crippen molar-refractivity contribution in [2.75, 3.05) is 23.3 Å². The van der Waals surface area contributed by atoms with Gasteiger partial charge in [0.15, 0.2) is 0 Å². The van der Waals surface area contributed by atoms with Crippen LogP contribution < -0.4 is 10.2 Å². The Balaban J connectivity index is 1.66. The molecule has 4 rings (SSSR count). The molecule has 0 amide bonds. The molecule has 0 aliphatic carbocycles. The predicted octanol–water partition coefficient (Wildman–Crippen LogP) is 5.99. The molecule has 12 heteroatoms. The van der Waals surface area contributed by atoms with E-state index in [1.54, 1.807) is 6.92 Å². The monoisotopic (exact) mass is 499 g/mol. The fourth-order valence-corrected chi connectivity index (χ4v) is 4.32. The van der Waals surface area contributed by atoms with Gasteiger partial charge in [-0.2, -0.15) is 39.0 Å². The van der Waals surface area contributed by atoms with E-state index in [2.05, 4.69) is 32.9 Å². The van der Waals surface area contributed by atoms with Crippen LogP contribution in [0.15, 0.2) is 42.6 Å². The van der Waals surface area contributed by atoms with Gasteiger partial charge in [-0.15, -0.1) is 0 Å². The Labute approximate surface area is 196 Å². The number of nitrogens with zero attached hydrogens (tertiary/aromatic N) is 4. The molecule has 1 atom stereocenters. The molecule has 0 saturated carbocycles. The van der Waals surface area contributed by atoms with Crippen LogP contribution in [-0.4, -0.2) is 28.0 Å². The van der Waals surface area contributed by atoms with Crippen molar-refractivity contribution in [2.24, 2.45) is 0 Å². The molecule has 2 aromatic heterocycles. The molecule has 0 radical (unpaired) electrons. The fraction of sp³-hybridized carbons (Fsp3) is 0.318. The van der Waals surface area contributed by atoms with Crippen molar-refractivity contribution < 1.29 is 26.3 Å². The molecule has 3 heterocycles. The number of rotatable bonds is 3. The van der Waals surface area contributed by atoms with Crippen molar-refractivity contribution in [3.05, 3.63) is 70.8 Å². The Morgan fingerprint density at radius 3 is 2.35 bits per heavy atom. The third-order valence-electron chi connectivity index (χ3n) is 5.35. The molecule has 0 bridgehead atoms. The Bertz CT molecular complexity index is 1180. The maximum Gasteiger partial charge on any atom is 0.419 e. The van der Waals surface area contributed by atoms with E-state index in [1.165, 1.54) is 29.3 Å². The van der Waals surface area contributed by atoms with Gasteiger partial charge in [-0.25, -0.2) is 15.0 Å². The Morgan fingerprint density at radius 1 is 1.00 bits per heavy atom. The maximum atomic E-state index is 13.5. The van der Waals surface area contributed by atoms with Gasteiger partial charge in [0.05, 0.1) is 16.8 Å². The van der Waals surface area contributed by atoms with Gasteiger partial charge in [0.1, 0.15) is 17.5 Å². The third-order valence-corrected chi connectivity index (χ3v) is 5.77. The first-order chi connectivity index (χ1) is 15.9. The molecular formula is C22H19F6N5S. The van der Waals surface area contributed by atoms with Crippen LogP contribution in [-0.2, 0) is 18.8 Å². The molecule has 1 aromatic carbocycles. The summed E-state index contributed by atoms with van der Waals surface area (Å²) >= 11 is 4.63. The normalized spacial score (nSPS) is 16.7. The number of benzene rings is 1. The SMILES string of the molecule is Cc1nc2c(c(Nc3ccc(C(F)(F)F)cc3)n1)C(S)CN(c1ncccc1C(F)(F)F)CC2. The van der Waals surface area contributed by atoms with Crippen LogP contribution in [0.25, 0.3) is 0 Å². The summed E-state index contributed by atoms with van der Waals surface area (Å²) in [5, 5.41) is 2.43. The van der Waals surface area contributed by atoms with Gasteiger partial charge in [-0.1, -0.05) is 0 Å². The second kappa shape index (κ2) is 8.97. The van der Waals surface area contributed by atoms with Gasteiger partial charge in [0, 0.05) is 42.2 Å². The van der Waals surface area contributed by atoms with E-state index in [-0.39, 0.29) is 18.9 Å². The van der Waals surface area contributed by atoms with Crippen molar-refractivity contribution in [1.29, 1.82) is 0 Å². The number of aromatic nitrogens is 3. The van der Waals surface area contributed by atoms with E-state index in [0.717, 1.165) is 18.2 Å². The molecule has 1 unspecified atom stereocenters. The number of fused-ring (bicyclic) bond motifs is 1. The smallest absolute Gasteiger partial charge is 0.354 e. The number of hydrogen-bond donors (Lipinski definition) is 2.